The molecule has 2 heterocycles. The van der Waals surface area contributed by atoms with Crippen LogP contribution in [0.25, 0.3) is 11.4 Å². The van der Waals surface area contributed by atoms with Crippen LogP contribution in [0.1, 0.15) is 30.2 Å². The van der Waals surface area contributed by atoms with Crippen molar-refractivity contribution in [1.29, 1.82) is 0 Å². The predicted molar refractivity (Wildman–Crippen MR) is 73.9 cm³/mol. The first-order valence-electron chi connectivity index (χ1n) is 6.21. The third-order valence-electron chi connectivity index (χ3n) is 2.86. The van der Waals surface area contributed by atoms with Gasteiger partial charge in [-0.05, 0) is 30.4 Å². The van der Waals surface area contributed by atoms with Crippen LogP contribution in [0.5, 0.6) is 0 Å². The number of halogens is 5. The Bertz CT molecular complexity index is 640. The van der Waals surface area contributed by atoms with Gasteiger partial charge in [-0.15, -0.1) is 0 Å². The van der Waals surface area contributed by atoms with Gasteiger partial charge in [0.15, 0.2) is 5.82 Å². The van der Waals surface area contributed by atoms with E-state index in [0.717, 1.165) is 12.5 Å². The highest BCUT2D eigenvalue weighted by molar-refractivity contribution is 7.06. The van der Waals surface area contributed by atoms with E-state index < -0.39 is 16.9 Å². The van der Waals surface area contributed by atoms with E-state index in [1.54, 1.807) is 0 Å². The number of hydrogen-bond acceptors (Lipinski definition) is 3. The minimum absolute atomic E-state index is 0.00284. The number of unbranched alkanes of at least 4 members (excludes halogenated alkanes) is 1. The van der Waals surface area contributed by atoms with Crippen LogP contribution in [-0.4, -0.2) is 9.36 Å². The van der Waals surface area contributed by atoms with E-state index in [4.69, 9.17) is 11.6 Å². The van der Waals surface area contributed by atoms with E-state index in [1.807, 2.05) is 6.92 Å². The molecule has 2 rings (SSSR count). The van der Waals surface area contributed by atoms with Crippen molar-refractivity contribution in [3.05, 3.63) is 33.5 Å². The Balaban J connectivity index is 2.55. The van der Waals surface area contributed by atoms with Crippen LogP contribution < -0.4 is 0 Å². The molecule has 0 spiro atoms. The highest BCUT2D eigenvalue weighted by Crippen LogP contribution is 2.40. The molecule has 0 unspecified atom stereocenters. The van der Waals surface area contributed by atoms with E-state index in [9.17, 15) is 17.6 Å². The summed E-state index contributed by atoms with van der Waals surface area (Å²) >= 11 is 5.93. The van der Waals surface area contributed by atoms with Crippen molar-refractivity contribution < 1.29 is 17.6 Å². The van der Waals surface area contributed by atoms with E-state index in [1.165, 1.54) is 6.20 Å². The maximum absolute atomic E-state index is 13.9. The van der Waals surface area contributed by atoms with Crippen molar-refractivity contribution in [1.82, 2.24) is 9.36 Å². The Kier molecular flexibility index (Phi) is 4.83. The molecule has 0 aliphatic heterocycles. The first kappa shape index (κ1) is 16.2. The van der Waals surface area contributed by atoms with Crippen LogP contribution in [0.2, 0.25) is 5.02 Å². The lowest BCUT2D eigenvalue weighted by Gasteiger charge is -2.08. The Hall–Kier alpha value is -1.21. The molecule has 0 saturated heterocycles. The fourth-order valence-corrected chi connectivity index (χ4v) is 2.83. The average Bonchev–Trinajstić information content (AvgIpc) is 2.79. The summed E-state index contributed by atoms with van der Waals surface area (Å²) in [5.74, 6) is -0.778. The van der Waals surface area contributed by atoms with Gasteiger partial charge >= 0.3 is 6.18 Å². The number of aromatic nitrogens is 2. The highest BCUT2D eigenvalue weighted by Gasteiger charge is 2.38. The zero-order valence-electron chi connectivity index (χ0n) is 11.0. The molecule has 0 fully saturated rings. The molecule has 0 amide bonds. The summed E-state index contributed by atoms with van der Waals surface area (Å²) in [4.78, 5) is 2.99. The number of nitrogens with zero attached hydrogens (tertiary/aromatic N) is 2. The summed E-state index contributed by atoms with van der Waals surface area (Å²) < 4.78 is 56.7. The van der Waals surface area contributed by atoms with Crippen LogP contribution in [0.3, 0.4) is 0 Å². The Labute approximate surface area is 127 Å². The monoisotopic (exact) mass is 338 g/mol. The number of hydrogen-bond donors (Lipinski definition) is 0. The van der Waals surface area contributed by atoms with Crippen molar-refractivity contribution in [2.75, 3.05) is 0 Å². The van der Waals surface area contributed by atoms with Crippen molar-refractivity contribution in [2.24, 2.45) is 0 Å². The standard InChI is InChI=1S/C13H11ClF4N2S/c1-2-3-4-8-10(20-21-12(8)13(16,17)18)11-9(15)5-7(14)6-19-11/h5-6H,2-4H2,1H3. The van der Waals surface area contributed by atoms with Gasteiger partial charge in [-0.3, -0.25) is 0 Å². The van der Waals surface area contributed by atoms with Crippen LogP contribution in [0, 0.1) is 5.82 Å². The SMILES string of the molecule is CCCCc1c(-c2ncc(Cl)cc2F)nsc1C(F)(F)F. The molecular formula is C13H11ClF4N2S. The van der Waals surface area contributed by atoms with Crippen molar-refractivity contribution in [2.45, 2.75) is 32.4 Å². The quantitative estimate of drug-likeness (QED) is 0.701. The summed E-state index contributed by atoms with van der Waals surface area (Å²) in [6, 6.07) is 1.01. The maximum atomic E-state index is 13.9. The molecule has 2 nitrogen and oxygen atoms in total. The second-order valence-corrected chi connectivity index (χ2v) is 5.63. The molecule has 0 N–H and O–H groups in total. The number of pyridine rings is 1. The minimum Gasteiger partial charge on any atom is -0.250 e. The van der Waals surface area contributed by atoms with Gasteiger partial charge in [-0.1, -0.05) is 24.9 Å². The van der Waals surface area contributed by atoms with Gasteiger partial charge in [0.05, 0.1) is 5.02 Å². The lowest BCUT2D eigenvalue weighted by Crippen LogP contribution is -2.06. The average molecular weight is 339 g/mol. The highest BCUT2D eigenvalue weighted by atomic mass is 35.5. The Morgan fingerprint density at radius 2 is 2.00 bits per heavy atom. The normalized spacial score (nSPS) is 11.9. The second-order valence-electron chi connectivity index (χ2n) is 4.42. The lowest BCUT2D eigenvalue weighted by molar-refractivity contribution is -0.134. The molecule has 0 aliphatic carbocycles. The third kappa shape index (κ3) is 3.52. The molecule has 0 saturated carbocycles. The summed E-state index contributed by atoms with van der Waals surface area (Å²) in [7, 11) is 0. The Morgan fingerprint density at radius 1 is 1.29 bits per heavy atom. The summed E-state index contributed by atoms with van der Waals surface area (Å²) in [6.45, 7) is 1.87. The summed E-state index contributed by atoms with van der Waals surface area (Å²) in [5, 5.41) is 0.0811. The van der Waals surface area contributed by atoms with E-state index in [0.29, 0.717) is 18.0 Å². The van der Waals surface area contributed by atoms with Gasteiger partial charge in [0.1, 0.15) is 16.3 Å². The first-order chi connectivity index (χ1) is 9.84. The van der Waals surface area contributed by atoms with Crippen LogP contribution in [-0.2, 0) is 12.6 Å². The fourth-order valence-electron chi connectivity index (χ4n) is 1.89. The smallest absolute Gasteiger partial charge is 0.250 e. The summed E-state index contributed by atoms with van der Waals surface area (Å²) in [6.07, 6.45) is -1.84. The van der Waals surface area contributed by atoms with Crippen molar-refractivity contribution in [3.8, 4) is 11.4 Å². The molecule has 2 aromatic heterocycles. The minimum atomic E-state index is -4.50. The third-order valence-corrected chi connectivity index (χ3v) is 4.00. The number of alkyl halides is 3. The second kappa shape index (κ2) is 6.27. The lowest BCUT2D eigenvalue weighted by atomic mass is 10.0. The molecule has 0 aromatic carbocycles. The van der Waals surface area contributed by atoms with Gasteiger partial charge in [0, 0.05) is 11.8 Å². The van der Waals surface area contributed by atoms with Crippen molar-refractivity contribution in [3.63, 3.8) is 0 Å². The van der Waals surface area contributed by atoms with Gasteiger partial charge in [-0.2, -0.15) is 17.5 Å². The zero-order valence-corrected chi connectivity index (χ0v) is 12.5. The first-order valence-corrected chi connectivity index (χ1v) is 7.37. The molecule has 21 heavy (non-hydrogen) atoms. The van der Waals surface area contributed by atoms with E-state index >= 15 is 0 Å². The van der Waals surface area contributed by atoms with Gasteiger partial charge in [-0.25, -0.2) is 9.37 Å². The van der Waals surface area contributed by atoms with Crippen LogP contribution in [0.15, 0.2) is 12.3 Å². The van der Waals surface area contributed by atoms with Crippen LogP contribution in [0.4, 0.5) is 17.6 Å². The largest absolute Gasteiger partial charge is 0.427 e. The molecule has 0 aliphatic rings. The van der Waals surface area contributed by atoms with Crippen molar-refractivity contribution >= 4 is 23.1 Å². The maximum Gasteiger partial charge on any atom is 0.427 e. The molecule has 2 aromatic rings. The number of rotatable bonds is 4. The van der Waals surface area contributed by atoms with Gasteiger partial charge in [0.25, 0.3) is 0 Å². The molecule has 8 heteroatoms. The Morgan fingerprint density at radius 3 is 2.57 bits per heavy atom. The molecule has 114 valence electrons. The molecule has 0 bridgehead atoms. The van der Waals surface area contributed by atoms with Gasteiger partial charge < -0.3 is 0 Å². The van der Waals surface area contributed by atoms with Crippen LogP contribution >= 0.6 is 23.1 Å². The topological polar surface area (TPSA) is 25.8 Å². The summed E-state index contributed by atoms with van der Waals surface area (Å²) in [5.41, 5.74) is -0.240. The van der Waals surface area contributed by atoms with Gasteiger partial charge in [0.2, 0.25) is 0 Å². The van der Waals surface area contributed by atoms with E-state index in [-0.39, 0.29) is 28.4 Å². The van der Waals surface area contributed by atoms with E-state index in [2.05, 4.69) is 9.36 Å². The molecule has 0 radical (unpaired) electrons. The molecular weight excluding hydrogens is 328 g/mol. The molecule has 0 atom stereocenters. The zero-order chi connectivity index (χ0) is 15.6. The fraction of sp³-hybridized carbons (Fsp3) is 0.385. The predicted octanol–water partition coefficient (Wildman–Crippen LogP) is 5.36.